The molecule has 2 aromatic heterocycles. The number of hydrogen-bond acceptors (Lipinski definition) is 5. The Hall–Kier alpha value is -2.76. The average Bonchev–Trinajstić information content (AvgIpc) is 3.06. The fraction of sp³-hybridized carbons (Fsp3) is 0.217. The molecular formula is C23H22N4S. The van der Waals surface area contributed by atoms with Crippen molar-refractivity contribution in [1.82, 2.24) is 15.1 Å². The number of benzene rings is 2. The molecule has 0 aliphatic carbocycles. The maximum Gasteiger partial charge on any atom is 0.146 e. The van der Waals surface area contributed by atoms with Crippen LogP contribution in [0.25, 0.3) is 21.3 Å². The second-order valence-electron chi connectivity index (χ2n) is 7.52. The van der Waals surface area contributed by atoms with Crippen LogP contribution in [-0.2, 0) is 6.54 Å². The van der Waals surface area contributed by atoms with Crippen molar-refractivity contribution in [1.29, 1.82) is 0 Å². The number of rotatable bonds is 2. The van der Waals surface area contributed by atoms with Gasteiger partial charge in [-0.25, -0.2) is 0 Å². The minimum atomic E-state index is 0.434. The summed E-state index contributed by atoms with van der Waals surface area (Å²) in [5.41, 5.74) is 10.5. The van der Waals surface area contributed by atoms with E-state index in [0.29, 0.717) is 11.7 Å². The molecule has 1 aliphatic heterocycles. The molecule has 0 bridgehead atoms. The molecule has 1 unspecified atom stereocenters. The zero-order chi connectivity index (χ0) is 19.1. The lowest BCUT2D eigenvalue weighted by molar-refractivity contribution is 0.328. The van der Waals surface area contributed by atoms with Crippen molar-refractivity contribution in [3.8, 4) is 11.3 Å². The molecule has 5 rings (SSSR count). The average molecular weight is 387 g/mol. The highest BCUT2D eigenvalue weighted by Crippen LogP contribution is 2.40. The first-order chi connectivity index (χ1) is 13.7. The highest BCUT2D eigenvalue weighted by molar-refractivity contribution is 7.19. The summed E-state index contributed by atoms with van der Waals surface area (Å²) in [7, 11) is 2.20. The van der Waals surface area contributed by atoms with Gasteiger partial charge in [0.05, 0.1) is 5.69 Å². The van der Waals surface area contributed by atoms with Crippen LogP contribution in [0.4, 0.5) is 5.82 Å². The van der Waals surface area contributed by atoms with Gasteiger partial charge >= 0.3 is 0 Å². The minimum absolute atomic E-state index is 0.434. The summed E-state index contributed by atoms with van der Waals surface area (Å²) in [6.45, 7) is 2.04. The van der Waals surface area contributed by atoms with Crippen molar-refractivity contribution in [2.24, 2.45) is 0 Å². The molecule has 4 aromatic rings. The van der Waals surface area contributed by atoms with Crippen molar-refractivity contribution in [2.75, 3.05) is 19.3 Å². The molecule has 28 heavy (non-hydrogen) atoms. The first-order valence-corrected chi connectivity index (χ1v) is 10.4. The molecule has 2 aromatic carbocycles. The number of fused-ring (bicyclic) bond motifs is 2. The van der Waals surface area contributed by atoms with E-state index in [2.05, 4.69) is 70.7 Å². The molecule has 1 atom stereocenters. The lowest BCUT2D eigenvalue weighted by atomic mass is 9.89. The van der Waals surface area contributed by atoms with Crippen molar-refractivity contribution in [2.45, 2.75) is 18.9 Å². The molecule has 0 radical (unpaired) electrons. The molecule has 0 amide bonds. The molecule has 0 saturated heterocycles. The van der Waals surface area contributed by atoms with Crippen LogP contribution in [-0.4, -0.2) is 28.7 Å². The second-order valence-corrected chi connectivity index (χ2v) is 8.64. The van der Waals surface area contributed by atoms with Gasteiger partial charge < -0.3 is 10.6 Å². The van der Waals surface area contributed by atoms with Crippen LogP contribution in [0, 0.1) is 0 Å². The van der Waals surface area contributed by atoms with Crippen molar-refractivity contribution in [3.63, 3.8) is 0 Å². The van der Waals surface area contributed by atoms with Gasteiger partial charge in [-0.15, -0.1) is 21.5 Å². The van der Waals surface area contributed by atoms with Crippen molar-refractivity contribution < 1.29 is 0 Å². The Morgan fingerprint density at radius 2 is 1.93 bits per heavy atom. The number of thiophene rings is 1. The summed E-state index contributed by atoms with van der Waals surface area (Å²) in [5.74, 6) is 0.881. The van der Waals surface area contributed by atoms with Gasteiger partial charge in [0.1, 0.15) is 5.82 Å². The lowest BCUT2D eigenvalue weighted by Crippen LogP contribution is -2.17. The maximum absolute atomic E-state index is 5.69. The monoisotopic (exact) mass is 386 g/mol. The zero-order valence-corrected chi connectivity index (χ0v) is 16.6. The fourth-order valence-electron chi connectivity index (χ4n) is 4.08. The van der Waals surface area contributed by atoms with E-state index in [9.17, 15) is 0 Å². The van der Waals surface area contributed by atoms with Gasteiger partial charge in [-0.3, -0.25) is 0 Å². The molecule has 4 nitrogen and oxygen atoms in total. The van der Waals surface area contributed by atoms with E-state index < -0.39 is 0 Å². The van der Waals surface area contributed by atoms with Crippen LogP contribution in [0.3, 0.4) is 0 Å². The van der Waals surface area contributed by atoms with E-state index in [1.54, 1.807) is 6.07 Å². The van der Waals surface area contributed by atoms with E-state index in [1.807, 2.05) is 17.4 Å². The van der Waals surface area contributed by atoms with Crippen LogP contribution >= 0.6 is 11.3 Å². The molecule has 140 valence electrons. The Balaban J connectivity index is 1.59. The molecule has 0 spiro atoms. The predicted octanol–water partition coefficient (Wildman–Crippen LogP) is 4.91. The van der Waals surface area contributed by atoms with Gasteiger partial charge in [0.15, 0.2) is 0 Å². The molecule has 3 heterocycles. The fourth-order valence-corrected chi connectivity index (χ4v) is 5.30. The Bertz CT molecular complexity index is 1100. The van der Waals surface area contributed by atoms with E-state index in [0.717, 1.165) is 30.8 Å². The summed E-state index contributed by atoms with van der Waals surface area (Å²) >= 11 is 1.93. The summed E-state index contributed by atoms with van der Waals surface area (Å²) in [4.78, 5) is 3.86. The van der Waals surface area contributed by atoms with Gasteiger partial charge in [0.25, 0.3) is 0 Å². The zero-order valence-electron chi connectivity index (χ0n) is 15.8. The van der Waals surface area contributed by atoms with Gasteiger partial charge in [-0.05, 0) is 66.9 Å². The Labute approximate surface area is 168 Å². The summed E-state index contributed by atoms with van der Waals surface area (Å²) in [6, 6.07) is 21.5. The predicted molar refractivity (Wildman–Crippen MR) is 116 cm³/mol. The van der Waals surface area contributed by atoms with E-state index in [1.165, 1.54) is 26.1 Å². The Morgan fingerprint density at radius 3 is 2.75 bits per heavy atom. The Morgan fingerprint density at radius 1 is 1.04 bits per heavy atom. The van der Waals surface area contributed by atoms with Gasteiger partial charge in [-0.1, -0.05) is 30.3 Å². The number of aromatic nitrogens is 2. The third-order valence-corrected chi connectivity index (χ3v) is 6.76. The van der Waals surface area contributed by atoms with Crippen LogP contribution in [0.1, 0.15) is 28.3 Å². The summed E-state index contributed by atoms with van der Waals surface area (Å²) in [5, 5.41) is 9.61. The highest BCUT2D eigenvalue weighted by atomic mass is 32.1. The van der Waals surface area contributed by atoms with E-state index >= 15 is 0 Å². The van der Waals surface area contributed by atoms with Crippen LogP contribution in [0.15, 0.2) is 60.7 Å². The largest absolute Gasteiger partial charge is 0.382 e. The highest BCUT2D eigenvalue weighted by Gasteiger charge is 2.24. The SMILES string of the molecule is CN1CCC(c2cc3ccccc3s2)c2ccc(-c3ccc(N)nn3)cc2C1. The third-order valence-electron chi connectivity index (χ3n) is 5.53. The minimum Gasteiger partial charge on any atom is -0.382 e. The van der Waals surface area contributed by atoms with Crippen LogP contribution in [0.5, 0.6) is 0 Å². The van der Waals surface area contributed by atoms with E-state index in [-0.39, 0.29) is 0 Å². The molecule has 0 fully saturated rings. The molecule has 1 aliphatic rings. The quantitative estimate of drug-likeness (QED) is 0.532. The smallest absolute Gasteiger partial charge is 0.146 e. The van der Waals surface area contributed by atoms with E-state index in [4.69, 9.17) is 5.73 Å². The first kappa shape index (κ1) is 17.3. The lowest BCUT2D eigenvalue weighted by Gasteiger charge is -2.17. The molecule has 5 heteroatoms. The topological polar surface area (TPSA) is 55.0 Å². The van der Waals surface area contributed by atoms with Crippen molar-refractivity contribution in [3.05, 3.63) is 76.7 Å². The molecule has 2 N–H and O–H groups in total. The first-order valence-electron chi connectivity index (χ1n) is 9.57. The normalized spacial score (nSPS) is 17.4. The van der Waals surface area contributed by atoms with Crippen molar-refractivity contribution >= 4 is 27.2 Å². The second kappa shape index (κ2) is 7.00. The Kier molecular flexibility index (Phi) is 4.34. The summed E-state index contributed by atoms with van der Waals surface area (Å²) < 4.78 is 1.37. The van der Waals surface area contributed by atoms with Gasteiger partial charge in [0, 0.05) is 27.6 Å². The summed E-state index contributed by atoms with van der Waals surface area (Å²) in [6.07, 6.45) is 1.14. The van der Waals surface area contributed by atoms with Crippen LogP contribution in [0.2, 0.25) is 0 Å². The van der Waals surface area contributed by atoms with Gasteiger partial charge in [0.2, 0.25) is 0 Å². The number of anilines is 1. The number of nitrogen functional groups attached to an aromatic ring is 1. The number of nitrogens with zero attached hydrogens (tertiary/aromatic N) is 3. The standard InChI is InChI=1S/C23H22N4S/c1-27-11-10-19(22-13-16-4-2-3-5-21(16)28-22)18-7-6-15(12-17(18)14-27)20-8-9-23(24)26-25-20/h2-9,12-13,19H,10-11,14H2,1H3,(H2,24,26). The molecular weight excluding hydrogens is 364 g/mol. The number of nitrogens with two attached hydrogens (primary N) is 1. The third kappa shape index (κ3) is 3.17. The molecule has 0 saturated carbocycles. The van der Waals surface area contributed by atoms with Crippen LogP contribution < -0.4 is 5.73 Å². The number of hydrogen-bond donors (Lipinski definition) is 1. The van der Waals surface area contributed by atoms with Gasteiger partial charge in [-0.2, -0.15) is 0 Å². The maximum atomic E-state index is 5.69.